The molecule has 0 amide bonds. The zero-order valence-corrected chi connectivity index (χ0v) is 26.4. The summed E-state index contributed by atoms with van der Waals surface area (Å²) in [6, 6.07) is 23.6. The van der Waals surface area contributed by atoms with Crippen molar-refractivity contribution in [2.45, 2.75) is 86.2 Å². The highest BCUT2D eigenvalue weighted by molar-refractivity contribution is 5.73. The molecule has 5 rings (SSSR count). The van der Waals surface area contributed by atoms with E-state index in [-0.39, 0.29) is 34.6 Å². The lowest BCUT2D eigenvalue weighted by atomic mass is 9.63. The standard InChI is InChI=1S/C35H46N6O/c1-23(2)21-34(5,6)32(40-36-27-13-9-10-14-28(27)37-40)31(25-17-19-26(42)20-18-25)33(35(7,8)22-24(3)4)41-38-29-15-11-12-16-30(29)39-41/h9-20,23-24,31-33,42H,21-22H2,1-8H3. The minimum atomic E-state index is -0.204. The van der Waals surface area contributed by atoms with E-state index in [1.165, 1.54) is 0 Å². The number of benzene rings is 3. The van der Waals surface area contributed by atoms with Crippen LogP contribution in [0.4, 0.5) is 0 Å². The number of phenolic OH excluding ortho intramolecular Hbond substituents is 1. The van der Waals surface area contributed by atoms with Gasteiger partial charge in [-0.2, -0.15) is 30.0 Å². The SMILES string of the molecule is CC(C)CC(C)(C)C(C(c1ccc(O)cc1)C(n1nc2ccccc2n1)C(C)(C)CC(C)C)n1nc2ccccc2n1. The molecule has 2 atom stereocenters. The van der Waals surface area contributed by atoms with Gasteiger partial charge >= 0.3 is 0 Å². The van der Waals surface area contributed by atoms with E-state index in [0.29, 0.717) is 11.8 Å². The highest BCUT2D eigenvalue weighted by atomic mass is 16.3. The molecule has 5 aromatic rings. The Hall–Kier alpha value is -3.74. The number of phenols is 1. The molecule has 0 fully saturated rings. The fourth-order valence-corrected chi connectivity index (χ4v) is 7.47. The fourth-order valence-electron chi connectivity index (χ4n) is 7.47. The van der Waals surface area contributed by atoms with Gasteiger partial charge in [-0.05, 0) is 77.5 Å². The van der Waals surface area contributed by atoms with Crippen LogP contribution < -0.4 is 0 Å². The van der Waals surface area contributed by atoms with E-state index in [1.54, 1.807) is 12.1 Å². The van der Waals surface area contributed by atoms with Crippen LogP contribution in [0.15, 0.2) is 72.8 Å². The second kappa shape index (κ2) is 11.5. The predicted octanol–water partition coefficient (Wildman–Crippen LogP) is 8.59. The van der Waals surface area contributed by atoms with Gasteiger partial charge in [0.25, 0.3) is 0 Å². The Morgan fingerprint density at radius 2 is 0.905 bits per heavy atom. The Morgan fingerprint density at radius 3 is 1.21 bits per heavy atom. The van der Waals surface area contributed by atoms with Crippen molar-refractivity contribution in [3.63, 3.8) is 0 Å². The smallest absolute Gasteiger partial charge is 0.115 e. The molecular formula is C35H46N6O. The normalized spacial score (nSPS) is 15.1. The summed E-state index contributed by atoms with van der Waals surface area (Å²) >= 11 is 0. The number of aromatic hydroxyl groups is 1. The zero-order valence-electron chi connectivity index (χ0n) is 26.4. The molecule has 222 valence electrons. The van der Waals surface area contributed by atoms with Gasteiger partial charge in [-0.25, -0.2) is 0 Å². The summed E-state index contributed by atoms with van der Waals surface area (Å²) in [6.07, 6.45) is 1.96. The van der Waals surface area contributed by atoms with Gasteiger partial charge in [0.05, 0.1) is 12.1 Å². The molecule has 0 aliphatic carbocycles. The van der Waals surface area contributed by atoms with E-state index in [1.807, 2.05) is 58.1 Å². The molecule has 0 saturated carbocycles. The van der Waals surface area contributed by atoms with E-state index in [0.717, 1.165) is 40.5 Å². The van der Waals surface area contributed by atoms with Crippen LogP contribution in [-0.2, 0) is 0 Å². The third kappa shape index (κ3) is 6.06. The summed E-state index contributed by atoms with van der Waals surface area (Å²) in [5.74, 6) is 1.08. The molecule has 0 radical (unpaired) electrons. The molecule has 3 aromatic carbocycles. The van der Waals surface area contributed by atoms with E-state index in [9.17, 15) is 5.11 Å². The van der Waals surface area contributed by atoms with E-state index >= 15 is 0 Å². The molecular weight excluding hydrogens is 520 g/mol. The Labute approximate surface area is 249 Å². The van der Waals surface area contributed by atoms with Crippen molar-refractivity contribution in [1.29, 1.82) is 0 Å². The molecule has 0 saturated heterocycles. The first-order valence-corrected chi connectivity index (χ1v) is 15.3. The molecule has 0 bridgehead atoms. The molecule has 2 unspecified atom stereocenters. The Bertz CT molecular complexity index is 1460. The zero-order chi connectivity index (χ0) is 30.2. The lowest BCUT2D eigenvalue weighted by molar-refractivity contribution is 0.0435. The maximum Gasteiger partial charge on any atom is 0.115 e. The van der Waals surface area contributed by atoms with Gasteiger partial charge < -0.3 is 5.11 Å². The quantitative estimate of drug-likeness (QED) is 0.173. The van der Waals surface area contributed by atoms with Crippen molar-refractivity contribution in [3.05, 3.63) is 78.4 Å². The topological polar surface area (TPSA) is 81.6 Å². The second-order valence-corrected chi connectivity index (χ2v) is 14.2. The lowest BCUT2D eigenvalue weighted by Gasteiger charge is -2.47. The van der Waals surface area contributed by atoms with Gasteiger partial charge in [0, 0.05) is 5.92 Å². The number of aromatic nitrogens is 6. The van der Waals surface area contributed by atoms with Crippen molar-refractivity contribution < 1.29 is 5.11 Å². The summed E-state index contributed by atoms with van der Waals surface area (Å²) in [5, 5.41) is 30.8. The summed E-state index contributed by atoms with van der Waals surface area (Å²) in [4.78, 5) is 3.96. The number of rotatable bonds is 11. The third-order valence-corrected chi connectivity index (χ3v) is 8.53. The van der Waals surface area contributed by atoms with Crippen molar-refractivity contribution in [2.75, 3.05) is 0 Å². The maximum absolute atomic E-state index is 10.3. The number of fused-ring (bicyclic) bond motifs is 2. The average Bonchev–Trinajstić information content (AvgIpc) is 3.50. The number of nitrogens with zero attached hydrogens (tertiary/aromatic N) is 6. The van der Waals surface area contributed by atoms with Crippen molar-refractivity contribution in [1.82, 2.24) is 30.0 Å². The van der Waals surface area contributed by atoms with E-state index < -0.39 is 0 Å². The average molecular weight is 567 g/mol. The molecule has 0 aliphatic heterocycles. The van der Waals surface area contributed by atoms with Crippen LogP contribution in [0, 0.1) is 22.7 Å². The highest BCUT2D eigenvalue weighted by Gasteiger charge is 2.49. The Kier molecular flexibility index (Phi) is 8.15. The number of hydrogen-bond acceptors (Lipinski definition) is 5. The van der Waals surface area contributed by atoms with Gasteiger partial charge in [-0.3, -0.25) is 0 Å². The van der Waals surface area contributed by atoms with Gasteiger partial charge in [0.15, 0.2) is 0 Å². The van der Waals surface area contributed by atoms with Crippen LogP contribution in [0.1, 0.15) is 91.8 Å². The molecule has 7 nitrogen and oxygen atoms in total. The van der Waals surface area contributed by atoms with Crippen LogP contribution in [0.2, 0.25) is 0 Å². The van der Waals surface area contributed by atoms with Crippen LogP contribution in [0.25, 0.3) is 22.1 Å². The molecule has 1 N–H and O–H groups in total. The van der Waals surface area contributed by atoms with Crippen LogP contribution in [-0.4, -0.2) is 35.1 Å². The Morgan fingerprint density at radius 1 is 0.571 bits per heavy atom. The first-order chi connectivity index (χ1) is 19.9. The first-order valence-electron chi connectivity index (χ1n) is 15.3. The van der Waals surface area contributed by atoms with Crippen LogP contribution in [0.5, 0.6) is 5.75 Å². The minimum Gasteiger partial charge on any atom is -0.508 e. The first kappa shape index (κ1) is 29.7. The maximum atomic E-state index is 10.3. The Balaban J connectivity index is 1.83. The van der Waals surface area contributed by atoms with Crippen LogP contribution in [0.3, 0.4) is 0 Å². The monoisotopic (exact) mass is 566 g/mol. The van der Waals surface area contributed by atoms with Gasteiger partial charge in [0.1, 0.15) is 27.8 Å². The highest BCUT2D eigenvalue weighted by Crippen LogP contribution is 2.55. The van der Waals surface area contributed by atoms with Crippen LogP contribution >= 0.6 is 0 Å². The van der Waals surface area contributed by atoms with Gasteiger partial charge in [-0.15, -0.1) is 0 Å². The van der Waals surface area contributed by atoms with Crippen molar-refractivity contribution in [3.8, 4) is 5.75 Å². The molecule has 2 aromatic heterocycles. The summed E-state index contributed by atoms with van der Waals surface area (Å²) in [5.41, 5.74) is 4.23. The third-order valence-electron chi connectivity index (χ3n) is 8.53. The molecule has 2 heterocycles. The molecule has 0 aliphatic rings. The van der Waals surface area contributed by atoms with Gasteiger partial charge in [-0.1, -0.05) is 91.8 Å². The summed E-state index contributed by atoms with van der Waals surface area (Å²) in [6.45, 7) is 18.5. The summed E-state index contributed by atoms with van der Waals surface area (Å²) in [7, 11) is 0. The molecule has 0 spiro atoms. The van der Waals surface area contributed by atoms with E-state index in [4.69, 9.17) is 20.4 Å². The second-order valence-electron chi connectivity index (χ2n) is 14.2. The predicted molar refractivity (Wildman–Crippen MR) is 170 cm³/mol. The molecule has 42 heavy (non-hydrogen) atoms. The minimum absolute atomic E-state index is 0.114. The van der Waals surface area contributed by atoms with E-state index in [2.05, 4.69) is 67.5 Å². The summed E-state index contributed by atoms with van der Waals surface area (Å²) < 4.78 is 0. The van der Waals surface area contributed by atoms with Crippen molar-refractivity contribution >= 4 is 22.1 Å². The molecule has 7 heteroatoms. The largest absolute Gasteiger partial charge is 0.508 e. The van der Waals surface area contributed by atoms with Crippen molar-refractivity contribution in [2.24, 2.45) is 22.7 Å². The van der Waals surface area contributed by atoms with Gasteiger partial charge in [0.2, 0.25) is 0 Å². The fraction of sp³-hybridized carbons (Fsp3) is 0.486. The lowest BCUT2D eigenvalue weighted by Crippen LogP contribution is -2.43. The number of hydrogen-bond donors (Lipinski definition) is 1.